The van der Waals surface area contributed by atoms with Gasteiger partial charge in [-0.1, -0.05) is 48.5 Å². The zero-order valence-corrected chi connectivity index (χ0v) is 17.4. The molecule has 6 rings (SSSR count). The Bertz CT molecular complexity index is 1610. The normalized spacial score (nSPS) is 11.4. The summed E-state index contributed by atoms with van der Waals surface area (Å²) < 4.78 is 19.7. The van der Waals surface area contributed by atoms with Crippen molar-refractivity contribution in [3.63, 3.8) is 0 Å². The number of halogens is 1. The number of aromatic nitrogens is 2. The van der Waals surface area contributed by atoms with Crippen LogP contribution in [0.1, 0.15) is 5.56 Å². The lowest BCUT2D eigenvalue weighted by Gasteiger charge is -2.07. The van der Waals surface area contributed by atoms with Crippen molar-refractivity contribution in [1.82, 2.24) is 9.97 Å². The summed E-state index contributed by atoms with van der Waals surface area (Å²) >= 11 is 0. The van der Waals surface area contributed by atoms with E-state index >= 15 is 0 Å². The van der Waals surface area contributed by atoms with Crippen LogP contribution >= 0.6 is 0 Å². The first-order chi connectivity index (χ1) is 15.7. The van der Waals surface area contributed by atoms with Crippen LogP contribution in [0.4, 0.5) is 4.39 Å². The lowest BCUT2D eigenvalue weighted by Crippen LogP contribution is -1.83. The van der Waals surface area contributed by atoms with E-state index in [-0.39, 0.29) is 5.82 Å². The van der Waals surface area contributed by atoms with Crippen LogP contribution < -0.4 is 0 Å². The molecule has 0 aliphatic rings. The Morgan fingerprint density at radius 1 is 0.812 bits per heavy atom. The third-order valence-electron chi connectivity index (χ3n) is 5.98. The third kappa shape index (κ3) is 3.00. The van der Waals surface area contributed by atoms with Crippen LogP contribution in [0, 0.1) is 12.7 Å². The lowest BCUT2D eigenvalue weighted by atomic mass is 9.98. The summed E-state index contributed by atoms with van der Waals surface area (Å²) in [6.45, 7) is 2.07. The first kappa shape index (κ1) is 18.6. The SMILES string of the molecule is Cc1ccccc1-c1cnc(-c2cccc3cc(-c4c[nH]c5cc(F)ccc45)ccc23)o1. The van der Waals surface area contributed by atoms with Gasteiger partial charge in [-0.15, -0.1) is 0 Å². The van der Waals surface area contributed by atoms with Gasteiger partial charge in [-0.3, -0.25) is 0 Å². The lowest BCUT2D eigenvalue weighted by molar-refractivity contribution is 0.589. The Morgan fingerprint density at radius 2 is 1.66 bits per heavy atom. The minimum Gasteiger partial charge on any atom is -0.436 e. The quantitative estimate of drug-likeness (QED) is 0.319. The topological polar surface area (TPSA) is 41.8 Å². The Labute approximate surface area is 184 Å². The number of aryl methyl sites for hydroxylation is 1. The molecule has 32 heavy (non-hydrogen) atoms. The number of oxazole rings is 1. The van der Waals surface area contributed by atoms with E-state index in [1.165, 1.54) is 12.1 Å². The molecule has 0 bridgehead atoms. The highest BCUT2D eigenvalue weighted by Crippen LogP contribution is 2.35. The van der Waals surface area contributed by atoms with E-state index in [4.69, 9.17) is 4.42 Å². The van der Waals surface area contributed by atoms with Gasteiger partial charge < -0.3 is 9.40 Å². The molecular weight excluding hydrogens is 399 g/mol. The zero-order valence-electron chi connectivity index (χ0n) is 17.4. The second-order valence-electron chi connectivity index (χ2n) is 7.98. The van der Waals surface area contributed by atoms with Crippen LogP contribution in [-0.2, 0) is 0 Å². The Kier molecular flexibility index (Phi) is 4.18. The number of H-pyrrole nitrogens is 1. The summed E-state index contributed by atoms with van der Waals surface area (Å²) in [6, 6.07) is 25.4. The number of aromatic amines is 1. The summed E-state index contributed by atoms with van der Waals surface area (Å²) in [5, 5.41) is 3.16. The maximum Gasteiger partial charge on any atom is 0.227 e. The van der Waals surface area contributed by atoms with Crippen molar-refractivity contribution < 1.29 is 8.81 Å². The second-order valence-corrected chi connectivity index (χ2v) is 7.98. The number of rotatable bonds is 3. The van der Waals surface area contributed by atoms with Gasteiger partial charge in [0, 0.05) is 33.8 Å². The van der Waals surface area contributed by atoms with Gasteiger partial charge >= 0.3 is 0 Å². The number of nitrogens with zero attached hydrogens (tertiary/aromatic N) is 1. The van der Waals surface area contributed by atoms with E-state index in [0.717, 1.165) is 55.3 Å². The van der Waals surface area contributed by atoms with Crippen molar-refractivity contribution in [3.05, 3.63) is 103 Å². The van der Waals surface area contributed by atoms with E-state index in [1.54, 1.807) is 6.20 Å². The van der Waals surface area contributed by atoms with Crippen molar-refractivity contribution in [3.8, 4) is 33.9 Å². The smallest absolute Gasteiger partial charge is 0.227 e. The number of benzene rings is 4. The average molecular weight is 418 g/mol. The predicted molar refractivity (Wildman–Crippen MR) is 127 cm³/mol. The molecule has 0 amide bonds. The van der Waals surface area contributed by atoms with Crippen LogP contribution in [0.2, 0.25) is 0 Å². The van der Waals surface area contributed by atoms with E-state index in [2.05, 4.69) is 47.2 Å². The van der Waals surface area contributed by atoms with Crippen LogP contribution in [0.25, 0.3) is 55.6 Å². The molecule has 154 valence electrons. The van der Waals surface area contributed by atoms with Crippen molar-refractivity contribution in [2.75, 3.05) is 0 Å². The van der Waals surface area contributed by atoms with E-state index < -0.39 is 0 Å². The minimum atomic E-state index is -0.245. The van der Waals surface area contributed by atoms with Gasteiger partial charge in [0.05, 0.1) is 6.20 Å². The summed E-state index contributed by atoms with van der Waals surface area (Å²) in [6.07, 6.45) is 3.72. The predicted octanol–water partition coefficient (Wildman–Crippen LogP) is 7.76. The van der Waals surface area contributed by atoms with Gasteiger partial charge in [-0.05, 0) is 59.2 Å². The molecular formula is C28H19FN2O. The van der Waals surface area contributed by atoms with Crippen molar-refractivity contribution in [1.29, 1.82) is 0 Å². The second kappa shape index (κ2) is 7.20. The van der Waals surface area contributed by atoms with Crippen molar-refractivity contribution in [2.24, 2.45) is 0 Å². The fourth-order valence-corrected chi connectivity index (χ4v) is 4.35. The summed E-state index contributed by atoms with van der Waals surface area (Å²) in [4.78, 5) is 7.74. The average Bonchev–Trinajstić information content (AvgIpc) is 3.46. The summed E-state index contributed by atoms with van der Waals surface area (Å²) in [7, 11) is 0. The molecule has 0 unspecified atom stereocenters. The molecule has 0 aliphatic heterocycles. The molecule has 0 aliphatic carbocycles. The van der Waals surface area contributed by atoms with Gasteiger partial charge in [-0.2, -0.15) is 0 Å². The number of fused-ring (bicyclic) bond motifs is 2. The number of hydrogen-bond acceptors (Lipinski definition) is 2. The maximum absolute atomic E-state index is 13.6. The molecule has 6 aromatic rings. The number of hydrogen-bond donors (Lipinski definition) is 1. The van der Waals surface area contributed by atoms with Crippen molar-refractivity contribution in [2.45, 2.75) is 6.92 Å². The molecule has 0 saturated heterocycles. The third-order valence-corrected chi connectivity index (χ3v) is 5.98. The standard InChI is InChI=1S/C28H19FN2O/c1-17-5-2-3-7-21(17)27-16-31-28(32-27)24-8-4-6-18-13-19(9-11-22(18)24)25-15-30-26-14-20(29)10-12-23(25)26/h2-16,30H,1H3. The van der Waals surface area contributed by atoms with Gasteiger partial charge in [0.1, 0.15) is 5.82 Å². The molecule has 2 heterocycles. The van der Waals surface area contributed by atoms with E-state index in [9.17, 15) is 4.39 Å². The first-order valence-electron chi connectivity index (χ1n) is 10.5. The van der Waals surface area contributed by atoms with Gasteiger partial charge in [0.2, 0.25) is 5.89 Å². The zero-order chi connectivity index (χ0) is 21.7. The maximum atomic E-state index is 13.6. The molecule has 0 spiro atoms. The van der Waals surface area contributed by atoms with E-state index in [1.807, 2.05) is 42.6 Å². The van der Waals surface area contributed by atoms with Gasteiger partial charge in [0.15, 0.2) is 5.76 Å². The van der Waals surface area contributed by atoms with Gasteiger partial charge in [0.25, 0.3) is 0 Å². The molecule has 0 fully saturated rings. The highest BCUT2D eigenvalue weighted by atomic mass is 19.1. The molecule has 2 aromatic heterocycles. The Hall–Kier alpha value is -4.18. The molecule has 4 aromatic carbocycles. The summed E-state index contributed by atoms with van der Waals surface area (Å²) in [5.41, 5.74) is 6.05. The summed E-state index contributed by atoms with van der Waals surface area (Å²) in [5.74, 6) is 1.12. The Morgan fingerprint density at radius 3 is 2.56 bits per heavy atom. The molecule has 0 radical (unpaired) electrons. The monoisotopic (exact) mass is 418 g/mol. The fourth-order valence-electron chi connectivity index (χ4n) is 4.35. The fraction of sp³-hybridized carbons (Fsp3) is 0.0357. The van der Waals surface area contributed by atoms with Gasteiger partial charge in [-0.25, -0.2) is 9.37 Å². The highest BCUT2D eigenvalue weighted by Gasteiger charge is 2.14. The van der Waals surface area contributed by atoms with Crippen LogP contribution in [0.3, 0.4) is 0 Å². The van der Waals surface area contributed by atoms with E-state index in [0.29, 0.717) is 5.89 Å². The van der Waals surface area contributed by atoms with Crippen LogP contribution in [0.15, 0.2) is 95.7 Å². The molecule has 0 saturated carbocycles. The minimum absolute atomic E-state index is 0.245. The van der Waals surface area contributed by atoms with Crippen LogP contribution in [0.5, 0.6) is 0 Å². The highest BCUT2D eigenvalue weighted by molar-refractivity contribution is 6.01. The number of nitrogens with one attached hydrogen (secondary N) is 1. The van der Waals surface area contributed by atoms with Crippen LogP contribution in [-0.4, -0.2) is 9.97 Å². The molecule has 4 heteroatoms. The molecule has 3 nitrogen and oxygen atoms in total. The largest absolute Gasteiger partial charge is 0.436 e. The molecule has 0 atom stereocenters. The van der Waals surface area contributed by atoms with Crippen molar-refractivity contribution >= 4 is 21.7 Å². The first-order valence-corrected chi connectivity index (χ1v) is 10.5. The molecule has 1 N–H and O–H groups in total. The Balaban J connectivity index is 1.44.